The minimum absolute atomic E-state index is 0.165. The summed E-state index contributed by atoms with van der Waals surface area (Å²) in [5.74, 6) is 0.165. The number of benzene rings is 1. The highest BCUT2D eigenvalue weighted by Crippen LogP contribution is 2.40. The van der Waals surface area contributed by atoms with Crippen molar-refractivity contribution in [3.8, 4) is 0 Å². The van der Waals surface area contributed by atoms with Crippen molar-refractivity contribution in [2.24, 2.45) is 5.73 Å². The molecule has 0 spiro atoms. The Morgan fingerprint density at radius 2 is 2.00 bits per heavy atom. The third-order valence-corrected chi connectivity index (χ3v) is 6.06. The van der Waals surface area contributed by atoms with Crippen LogP contribution in [-0.2, 0) is 15.4 Å². The molecule has 0 bridgehead atoms. The second-order valence-electron chi connectivity index (χ2n) is 5.51. The van der Waals surface area contributed by atoms with E-state index in [4.69, 9.17) is 5.73 Å². The lowest BCUT2D eigenvalue weighted by molar-refractivity contribution is 0.0818. The van der Waals surface area contributed by atoms with E-state index < -0.39 is 9.84 Å². The number of hydrogen-bond donors (Lipinski definition) is 1. The number of sulfone groups is 1. The number of nitrogens with two attached hydrogens (primary N) is 1. The molecule has 0 amide bonds. The molecule has 2 rings (SSSR count). The van der Waals surface area contributed by atoms with Crippen LogP contribution >= 0.6 is 0 Å². The first-order valence-corrected chi connectivity index (χ1v) is 8.25. The predicted octanol–water partition coefficient (Wildman–Crippen LogP) is 1.36. The fraction of sp³-hybridized carbons (Fsp3) is 0.571. The summed E-state index contributed by atoms with van der Waals surface area (Å²) in [6.45, 7) is 4.63. The van der Waals surface area contributed by atoms with Gasteiger partial charge in [0.1, 0.15) is 0 Å². The summed E-state index contributed by atoms with van der Waals surface area (Å²) in [7, 11) is -1.14. The molecule has 1 atom stereocenters. The predicted molar refractivity (Wildman–Crippen MR) is 76.7 cm³/mol. The Bertz CT molecular complexity index is 569. The quantitative estimate of drug-likeness (QED) is 0.909. The zero-order valence-electron chi connectivity index (χ0n) is 11.8. The number of likely N-dealkylation sites (N-methyl/N-ethyl adjacent to an activating group) is 1. The minimum Gasteiger partial charge on any atom is -0.328 e. The maximum absolute atomic E-state index is 12.2. The number of fused-ring (bicyclic) bond motifs is 1. The third-order valence-electron chi connectivity index (χ3n) is 4.30. The van der Waals surface area contributed by atoms with Crippen LogP contribution in [0.25, 0.3) is 0 Å². The molecule has 0 fully saturated rings. The van der Waals surface area contributed by atoms with Crippen LogP contribution in [0.15, 0.2) is 29.2 Å². The van der Waals surface area contributed by atoms with Gasteiger partial charge in [-0.05, 0) is 38.9 Å². The Labute approximate surface area is 115 Å². The molecule has 0 aliphatic carbocycles. The minimum atomic E-state index is -3.16. The second kappa shape index (κ2) is 4.89. The molecular formula is C14H22N2O2S. The topological polar surface area (TPSA) is 63.4 Å². The van der Waals surface area contributed by atoms with Crippen molar-refractivity contribution in [1.29, 1.82) is 0 Å². The Balaban J connectivity index is 2.67. The highest BCUT2D eigenvalue weighted by atomic mass is 32.2. The van der Waals surface area contributed by atoms with Crippen LogP contribution in [0.4, 0.5) is 0 Å². The first-order valence-electron chi connectivity index (χ1n) is 6.60. The molecule has 1 aliphatic rings. The van der Waals surface area contributed by atoms with Gasteiger partial charge in [0.25, 0.3) is 0 Å². The summed E-state index contributed by atoms with van der Waals surface area (Å²) in [6, 6.07) is 7.56. The van der Waals surface area contributed by atoms with E-state index in [0.717, 1.165) is 5.56 Å². The fourth-order valence-electron chi connectivity index (χ4n) is 2.89. The van der Waals surface area contributed by atoms with Gasteiger partial charge in [-0.1, -0.05) is 18.2 Å². The van der Waals surface area contributed by atoms with Crippen LogP contribution in [0.1, 0.15) is 25.8 Å². The SMILES string of the molecule is CC(C)N(C)C1(CN)CCS(=O)(=O)c2ccccc21. The number of hydrogen-bond acceptors (Lipinski definition) is 4. The maximum Gasteiger partial charge on any atom is 0.178 e. The number of rotatable bonds is 3. The largest absolute Gasteiger partial charge is 0.328 e. The van der Waals surface area contributed by atoms with Crippen LogP contribution in [0, 0.1) is 0 Å². The summed E-state index contributed by atoms with van der Waals surface area (Å²) in [6.07, 6.45) is 0.553. The van der Waals surface area contributed by atoms with Crippen molar-refractivity contribution in [3.05, 3.63) is 29.8 Å². The normalized spacial score (nSPS) is 25.6. The first-order chi connectivity index (χ1) is 8.85. The molecule has 106 valence electrons. The van der Waals surface area contributed by atoms with Crippen molar-refractivity contribution in [2.45, 2.75) is 36.7 Å². The Morgan fingerprint density at radius 3 is 2.58 bits per heavy atom. The molecule has 1 aromatic carbocycles. The Hall–Kier alpha value is -0.910. The van der Waals surface area contributed by atoms with Crippen molar-refractivity contribution < 1.29 is 8.42 Å². The van der Waals surface area contributed by atoms with Crippen LogP contribution in [0.3, 0.4) is 0 Å². The van der Waals surface area contributed by atoms with Crippen LogP contribution in [0.2, 0.25) is 0 Å². The zero-order chi connectivity index (χ0) is 14.3. The van der Waals surface area contributed by atoms with Crippen molar-refractivity contribution in [2.75, 3.05) is 19.3 Å². The third kappa shape index (κ3) is 2.20. The summed E-state index contributed by atoms with van der Waals surface area (Å²) < 4.78 is 24.4. The molecule has 0 saturated carbocycles. The zero-order valence-corrected chi connectivity index (χ0v) is 12.6. The molecular weight excluding hydrogens is 260 g/mol. The van der Waals surface area contributed by atoms with Gasteiger partial charge in [0.15, 0.2) is 9.84 Å². The van der Waals surface area contributed by atoms with E-state index in [1.54, 1.807) is 12.1 Å². The maximum atomic E-state index is 12.2. The van der Waals surface area contributed by atoms with E-state index in [2.05, 4.69) is 18.7 Å². The van der Waals surface area contributed by atoms with E-state index in [1.807, 2.05) is 19.2 Å². The molecule has 1 unspecified atom stereocenters. The van der Waals surface area contributed by atoms with Gasteiger partial charge in [0.2, 0.25) is 0 Å². The Morgan fingerprint density at radius 1 is 1.37 bits per heavy atom. The van der Waals surface area contributed by atoms with Gasteiger partial charge in [0, 0.05) is 12.6 Å². The van der Waals surface area contributed by atoms with Gasteiger partial charge in [-0.15, -0.1) is 0 Å². The van der Waals surface area contributed by atoms with E-state index in [9.17, 15) is 8.42 Å². The summed E-state index contributed by atoms with van der Waals surface area (Å²) in [5, 5.41) is 0. The molecule has 1 heterocycles. The number of nitrogens with zero attached hydrogens (tertiary/aromatic N) is 1. The molecule has 0 aromatic heterocycles. The van der Waals surface area contributed by atoms with Crippen molar-refractivity contribution >= 4 is 9.84 Å². The van der Waals surface area contributed by atoms with Crippen molar-refractivity contribution in [1.82, 2.24) is 4.90 Å². The van der Waals surface area contributed by atoms with Gasteiger partial charge < -0.3 is 5.73 Å². The lowest BCUT2D eigenvalue weighted by Gasteiger charge is -2.46. The van der Waals surface area contributed by atoms with Gasteiger partial charge in [0.05, 0.1) is 16.2 Å². The van der Waals surface area contributed by atoms with E-state index >= 15 is 0 Å². The van der Waals surface area contributed by atoms with Gasteiger partial charge in [-0.2, -0.15) is 0 Å². The van der Waals surface area contributed by atoms with Gasteiger partial charge >= 0.3 is 0 Å². The molecule has 2 N–H and O–H groups in total. The Kier molecular flexibility index (Phi) is 3.73. The highest BCUT2D eigenvalue weighted by molar-refractivity contribution is 7.91. The smallest absolute Gasteiger partial charge is 0.178 e. The van der Waals surface area contributed by atoms with Gasteiger partial charge in [-0.3, -0.25) is 4.90 Å². The standard InChI is InChI=1S/C14H22N2O2S/c1-11(2)16(3)14(10-15)8-9-19(17,18)13-7-5-4-6-12(13)14/h4-7,11H,8-10,15H2,1-3H3. The second-order valence-corrected chi connectivity index (χ2v) is 7.58. The van der Waals surface area contributed by atoms with Crippen LogP contribution < -0.4 is 5.73 Å². The average molecular weight is 282 g/mol. The highest BCUT2D eigenvalue weighted by Gasteiger charge is 2.44. The van der Waals surface area contributed by atoms with Crippen LogP contribution in [-0.4, -0.2) is 38.7 Å². The summed E-state index contributed by atoms with van der Waals surface area (Å²) in [5.41, 5.74) is 6.51. The lowest BCUT2D eigenvalue weighted by atomic mass is 9.84. The fourth-order valence-corrected chi connectivity index (χ4v) is 4.59. The summed E-state index contributed by atoms with van der Waals surface area (Å²) >= 11 is 0. The lowest BCUT2D eigenvalue weighted by Crippen LogP contribution is -2.55. The van der Waals surface area contributed by atoms with E-state index in [0.29, 0.717) is 23.9 Å². The monoisotopic (exact) mass is 282 g/mol. The molecule has 5 heteroatoms. The molecule has 1 aliphatic heterocycles. The average Bonchev–Trinajstić information content (AvgIpc) is 2.39. The van der Waals surface area contributed by atoms with Crippen LogP contribution in [0.5, 0.6) is 0 Å². The summed E-state index contributed by atoms with van der Waals surface area (Å²) in [4.78, 5) is 2.64. The molecule has 19 heavy (non-hydrogen) atoms. The van der Waals surface area contributed by atoms with Crippen molar-refractivity contribution in [3.63, 3.8) is 0 Å². The van der Waals surface area contributed by atoms with E-state index in [-0.39, 0.29) is 11.3 Å². The molecule has 1 aromatic rings. The first kappa shape index (κ1) is 14.5. The van der Waals surface area contributed by atoms with E-state index in [1.165, 1.54) is 0 Å². The molecule has 4 nitrogen and oxygen atoms in total. The van der Waals surface area contributed by atoms with Gasteiger partial charge in [-0.25, -0.2) is 8.42 Å². The molecule has 0 radical (unpaired) electrons. The molecule has 0 saturated heterocycles.